The largest absolute Gasteiger partial charge is 0.464 e. The Kier molecular flexibility index (Phi) is 9.40. The fourth-order valence-electron chi connectivity index (χ4n) is 1.88. The summed E-state index contributed by atoms with van der Waals surface area (Å²) in [4.78, 5) is 36.8. The van der Waals surface area contributed by atoms with E-state index in [1.807, 2.05) is 0 Å². The average molecular weight is 399 g/mol. The minimum absolute atomic E-state index is 0.171. The Labute approximate surface area is 166 Å². The third-order valence-corrected chi connectivity index (χ3v) is 4.02. The number of ether oxygens (including phenoxy) is 3. The van der Waals surface area contributed by atoms with Gasteiger partial charge in [0.1, 0.15) is 18.6 Å². The molecule has 0 spiro atoms. The molecule has 0 aromatic heterocycles. The summed E-state index contributed by atoms with van der Waals surface area (Å²) in [7, 11) is 0. The van der Waals surface area contributed by atoms with Crippen LogP contribution in [0.4, 0.5) is 0 Å². The third-order valence-electron chi connectivity index (χ3n) is 3.92. The van der Waals surface area contributed by atoms with Gasteiger partial charge in [-0.2, -0.15) is 0 Å². The van der Waals surface area contributed by atoms with Crippen LogP contribution in [-0.2, 0) is 28.6 Å². The van der Waals surface area contributed by atoms with Crippen molar-refractivity contribution >= 4 is 29.5 Å². The molecule has 7 heteroatoms. The van der Waals surface area contributed by atoms with Gasteiger partial charge in [0, 0.05) is 12.8 Å². The highest BCUT2D eigenvalue weighted by atomic mass is 35.5. The number of hydrogen-bond donors (Lipinski definition) is 0. The molecule has 0 unspecified atom stereocenters. The van der Waals surface area contributed by atoms with Gasteiger partial charge in [-0.05, 0) is 34.6 Å². The van der Waals surface area contributed by atoms with Crippen LogP contribution < -0.4 is 0 Å². The van der Waals surface area contributed by atoms with Crippen molar-refractivity contribution in [3.63, 3.8) is 0 Å². The maximum atomic E-state index is 12.3. The number of halogens is 1. The van der Waals surface area contributed by atoms with Crippen LogP contribution in [0, 0.1) is 40.9 Å². The van der Waals surface area contributed by atoms with Gasteiger partial charge >= 0.3 is 17.9 Å². The van der Waals surface area contributed by atoms with Gasteiger partial charge in [0.05, 0.1) is 10.8 Å². The molecule has 0 atom stereocenters. The molecular weight excluding hydrogens is 372 g/mol. The standard InChI is InChI=1S/C20H27ClO6/c1-8-10-18(3,4)15(22)25-12-20(7,17(24)27-14-21)13-26-16(23)19(5,6)11-9-2/h1-2H,10-14H2,3-7H3. The van der Waals surface area contributed by atoms with Gasteiger partial charge in [-0.3, -0.25) is 14.4 Å². The Hall–Kier alpha value is -2.18. The quantitative estimate of drug-likeness (QED) is 0.243. The first-order valence-electron chi connectivity index (χ1n) is 8.31. The zero-order valence-electron chi connectivity index (χ0n) is 16.5. The average Bonchev–Trinajstić information content (AvgIpc) is 2.57. The number of carbonyl (C=O) groups excluding carboxylic acids is 3. The highest BCUT2D eigenvalue weighted by molar-refractivity contribution is 6.17. The summed E-state index contributed by atoms with van der Waals surface area (Å²) in [5.41, 5.74) is -3.27. The van der Waals surface area contributed by atoms with Crippen molar-refractivity contribution in [1.82, 2.24) is 0 Å². The molecule has 0 aromatic rings. The van der Waals surface area contributed by atoms with Crippen LogP contribution in [0.15, 0.2) is 0 Å². The summed E-state index contributed by atoms with van der Waals surface area (Å²) >= 11 is 5.45. The summed E-state index contributed by atoms with van der Waals surface area (Å²) in [5.74, 6) is 2.88. The lowest BCUT2D eigenvalue weighted by Gasteiger charge is -2.29. The van der Waals surface area contributed by atoms with Crippen molar-refractivity contribution in [2.24, 2.45) is 16.2 Å². The molecule has 27 heavy (non-hydrogen) atoms. The van der Waals surface area contributed by atoms with Gasteiger partial charge < -0.3 is 14.2 Å². The first-order chi connectivity index (χ1) is 12.4. The predicted molar refractivity (Wildman–Crippen MR) is 101 cm³/mol. The van der Waals surface area contributed by atoms with Crippen molar-refractivity contribution in [3.8, 4) is 24.7 Å². The second kappa shape index (κ2) is 10.2. The minimum Gasteiger partial charge on any atom is -0.464 e. The molecule has 0 aliphatic carbocycles. The van der Waals surface area contributed by atoms with Gasteiger partial charge in [-0.1, -0.05) is 11.6 Å². The maximum Gasteiger partial charge on any atom is 0.319 e. The smallest absolute Gasteiger partial charge is 0.319 e. The molecule has 0 aromatic carbocycles. The highest BCUT2D eigenvalue weighted by Crippen LogP contribution is 2.28. The Morgan fingerprint density at radius 1 is 0.778 bits per heavy atom. The highest BCUT2D eigenvalue weighted by Gasteiger charge is 2.41. The molecule has 0 aliphatic rings. The number of rotatable bonds is 10. The van der Waals surface area contributed by atoms with Crippen LogP contribution in [0.3, 0.4) is 0 Å². The molecule has 0 saturated carbocycles. The van der Waals surface area contributed by atoms with Crippen molar-refractivity contribution in [2.75, 3.05) is 19.3 Å². The first-order valence-corrected chi connectivity index (χ1v) is 8.84. The Morgan fingerprint density at radius 3 is 1.44 bits per heavy atom. The third kappa shape index (κ3) is 7.53. The molecule has 0 rings (SSSR count). The van der Waals surface area contributed by atoms with Crippen LogP contribution >= 0.6 is 11.6 Å². The number of alkyl halides is 1. The molecule has 0 heterocycles. The fourth-order valence-corrected chi connectivity index (χ4v) is 1.98. The van der Waals surface area contributed by atoms with E-state index in [1.54, 1.807) is 27.7 Å². The van der Waals surface area contributed by atoms with E-state index in [9.17, 15) is 14.4 Å². The molecule has 6 nitrogen and oxygen atoms in total. The molecule has 0 amide bonds. The molecule has 0 N–H and O–H groups in total. The lowest BCUT2D eigenvalue weighted by molar-refractivity contribution is -0.174. The number of esters is 3. The van der Waals surface area contributed by atoms with Gasteiger partial charge in [-0.15, -0.1) is 24.7 Å². The monoisotopic (exact) mass is 398 g/mol. The number of terminal acetylenes is 2. The molecule has 150 valence electrons. The predicted octanol–water partition coefficient (Wildman–Crippen LogP) is 2.92. The topological polar surface area (TPSA) is 78.9 Å². The van der Waals surface area contributed by atoms with Gasteiger partial charge in [0.2, 0.25) is 0 Å². The van der Waals surface area contributed by atoms with Crippen LogP contribution in [-0.4, -0.2) is 37.2 Å². The lowest BCUT2D eigenvalue weighted by atomic mass is 9.88. The summed E-state index contributed by atoms with van der Waals surface area (Å²) in [6.07, 6.45) is 10.8. The Balaban J connectivity index is 5.21. The van der Waals surface area contributed by atoms with Crippen LogP contribution in [0.2, 0.25) is 0 Å². The van der Waals surface area contributed by atoms with E-state index in [4.69, 9.17) is 38.7 Å². The van der Waals surface area contributed by atoms with Crippen molar-refractivity contribution in [1.29, 1.82) is 0 Å². The van der Waals surface area contributed by atoms with Crippen LogP contribution in [0.5, 0.6) is 0 Å². The summed E-state index contributed by atoms with van der Waals surface area (Å²) in [6, 6.07) is -0.387. The Bertz CT molecular complexity index is 592. The molecular formula is C20H27ClO6. The van der Waals surface area contributed by atoms with Crippen molar-refractivity contribution < 1.29 is 28.6 Å². The number of carbonyl (C=O) groups is 3. The summed E-state index contributed by atoms with van der Waals surface area (Å²) in [6.45, 7) is 7.25. The van der Waals surface area contributed by atoms with Gasteiger partial charge in [-0.25, -0.2) is 0 Å². The van der Waals surface area contributed by atoms with E-state index in [2.05, 4.69) is 11.8 Å². The molecule has 0 radical (unpaired) electrons. The SMILES string of the molecule is C#CCC(C)(C)C(=O)OCC(C)(COC(=O)C(C)(C)CC#C)C(=O)OCCl. The van der Waals surface area contributed by atoms with Gasteiger partial charge in [0.25, 0.3) is 0 Å². The lowest BCUT2D eigenvalue weighted by Crippen LogP contribution is -2.42. The molecule has 0 saturated heterocycles. The van der Waals surface area contributed by atoms with E-state index in [-0.39, 0.29) is 32.1 Å². The van der Waals surface area contributed by atoms with Crippen molar-refractivity contribution in [2.45, 2.75) is 47.5 Å². The van der Waals surface area contributed by atoms with E-state index >= 15 is 0 Å². The normalized spacial score (nSPS) is 11.7. The zero-order valence-corrected chi connectivity index (χ0v) is 17.3. The van der Waals surface area contributed by atoms with E-state index < -0.39 is 34.2 Å². The minimum atomic E-state index is -1.43. The molecule has 0 bridgehead atoms. The first kappa shape index (κ1) is 24.8. The van der Waals surface area contributed by atoms with Crippen LogP contribution in [0.25, 0.3) is 0 Å². The van der Waals surface area contributed by atoms with Crippen molar-refractivity contribution in [3.05, 3.63) is 0 Å². The molecule has 0 aliphatic heterocycles. The van der Waals surface area contributed by atoms with E-state index in [0.717, 1.165) is 0 Å². The fraction of sp³-hybridized carbons (Fsp3) is 0.650. The maximum absolute atomic E-state index is 12.3. The summed E-state index contributed by atoms with van der Waals surface area (Å²) in [5, 5.41) is 0. The second-order valence-corrected chi connectivity index (χ2v) is 8.00. The second-order valence-electron chi connectivity index (χ2n) is 7.78. The van der Waals surface area contributed by atoms with Crippen LogP contribution in [0.1, 0.15) is 47.5 Å². The zero-order chi connectivity index (χ0) is 21.3. The Morgan fingerprint density at radius 2 is 1.15 bits per heavy atom. The van der Waals surface area contributed by atoms with E-state index in [0.29, 0.717) is 0 Å². The molecule has 0 fully saturated rings. The number of hydrogen-bond acceptors (Lipinski definition) is 6. The van der Waals surface area contributed by atoms with Gasteiger partial charge in [0.15, 0.2) is 6.07 Å². The summed E-state index contributed by atoms with van der Waals surface area (Å²) < 4.78 is 15.3. The van der Waals surface area contributed by atoms with E-state index in [1.165, 1.54) is 6.92 Å².